The molecule has 0 aliphatic rings. The van der Waals surface area contributed by atoms with Crippen molar-refractivity contribution >= 4 is 17.7 Å². The molecule has 1 nitrogen and oxygen atoms in total. The molecular formula is C23H36GeN+. The Balaban J connectivity index is 2.79. The molecule has 0 fully saturated rings. The number of hydrogen-bond donors (Lipinski definition) is 0. The van der Waals surface area contributed by atoms with E-state index in [1.165, 1.54) is 27.9 Å². The van der Waals surface area contributed by atoms with Crippen LogP contribution < -0.4 is 8.96 Å². The third-order valence-corrected chi connectivity index (χ3v) is 9.35. The zero-order chi connectivity index (χ0) is 19.2. The van der Waals surface area contributed by atoms with Crippen molar-refractivity contribution in [2.75, 3.05) is 0 Å². The predicted octanol–water partition coefficient (Wildman–Crippen LogP) is 5.45. The Morgan fingerprint density at radius 2 is 1.60 bits per heavy atom. The van der Waals surface area contributed by atoms with E-state index in [-0.39, 0.29) is 5.41 Å². The van der Waals surface area contributed by atoms with Gasteiger partial charge in [-0.2, -0.15) is 0 Å². The minimum absolute atomic E-state index is 0.180. The van der Waals surface area contributed by atoms with Crippen LogP contribution in [0.1, 0.15) is 57.2 Å². The number of benzene rings is 1. The maximum atomic E-state index is 2.51. The van der Waals surface area contributed by atoms with Gasteiger partial charge in [0.1, 0.15) is 0 Å². The van der Waals surface area contributed by atoms with Crippen LogP contribution >= 0.6 is 0 Å². The van der Waals surface area contributed by atoms with Crippen molar-refractivity contribution in [3.63, 3.8) is 0 Å². The standard InChI is InChI=1S/C23H36GeN/c1-16(2)18-12-11-17(3)19(13-18)22-14-21(24(7,8)9)20(15-25(22)10)23(4,5)6/h11-16H,1-10H3/q+1. The van der Waals surface area contributed by atoms with Gasteiger partial charge >= 0.3 is 158 Å². The number of aromatic nitrogens is 1. The van der Waals surface area contributed by atoms with Crippen LogP contribution in [0.3, 0.4) is 0 Å². The van der Waals surface area contributed by atoms with Crippen molar-refractivity contribution in [3.05, 3.63) is 47.2 Å². The fourth-order valence-electron chi connectivity index (χ4n) is 3.41. The second kappa shape index (κ2) is 6.91. The number of pyridine rings is 1. The van der Waals surface area contributed by atoms with Gasteiger partial charge in [0, 0.05) is 0 Å². The second-order valence-corrected chi connectivity index (χ2v) is 20.4. The first kappa shape index (κ1) is 20.2. The first-order valence-corrected chi connectivity index (χ1v) is 16.8. The monoisotopic (exact) mass is 400 g/mol. The van der Waals surface area contributed by atoms with Gasteiger partial charge in [-0.3, -0.25) is 0 Å². The third kappa shape index (κ3) is 4.37. The molecule has 0 atom stereocenters. The second-order valence-electron chi connectivity index (χ2n) is 9.83. The van der Waals surface area contributed by atoms with Gasteiger partial charge in [0.25, 0.3) is 0 Å². The molecule has 2 aromatic rings. The molecule has 0 aliphatic heterocycles. The van der Waals surface area contributed by atoms with Gasteiger partial charge in [-0.1, -0.05) is 0 Å². The van der Waals surface area contributed by atoms with E-state index in [0.717, 1.165) is 0 Å². The van der Waals surface area contributed by atoms with Crippen molar-refractivity contribution in [1.82, 2.24) is 0 Å². The van der Waals surface area contributed by atoms with E-state index in [4.69, 9.17) is 0 Å². The number of hydrogen-bond acceptors (Lipinski definition) is 0. The summed E-state index contributed by atoms with van der Waals surface area (Å²) in [5.41, 5.74) is 7.20. The van der Waals surface area contributed by atoms with E-state index >= 15 is 0 Å². The van der Waals surface area contributed by atoms with Crippen LogP contribution in [0.4, 0.5) is 0 Å². The van der Waals surface area contributed by atoms with E-state index in [9.17, 15) is 0 Å². The summed E-state index contributed by atoms with van der Waals surface area (Å²) >= 11 is -1.99. The Kier molecular flexibility index (Phi) is 5.59. The molecule has 2 rings (SSSR count). The van der Waals surface area contributed by atoms with Crippen LogP contribution in [-0.2, 0) is 12.5 Å². The number of rotatable bonds is 3. The van der Waals surface area contributed by atoms with Gasteiger partial charge < -0.3 is 0 Å². The molecule has 0 N–H and O–H groups in total. The van der Waals surface area contributed by atoms with Crippen molar-refractivity contribution < 1.29 is 4.57 Å². The van der Waals surface area contributed by atoms with Gasteiger partial charge in [0.15, 0.2) is 0 Å². The molecule has 0 bridgehead atoms. The van der Waals surface area contributed by atoms with Gasteiger partial charge in [0.05, 0.1) is 0 Å². The number of aryl methyl sites for hydroxylation is 2. The SMILES string of the molecule is Cc1ccc(C(C)C)cc1-c1c[c]([Ge]([CH3])([CH3])[CH3])c(C(C)(C)C)c[n+]1C. The Labute approximate surface area is 157 Å². The van der Waals surface area contributed by atoms with Crippen LogP contribution in [0.25, 0.3) is 11.3 Å². The molecule has 1 aromatic carbocycles. The number of nitrogens with zero attached hydrogens (tertiary/aromatic N) is 1. The normalized spacial score (nSPS) is 12.8. The molecule has 2 heteroatoms. The van der Waals surface area contributed by atoms with Crippen molar-refractivity contribution in [2.24, 2.45) is 7.05 Å². The Hall–Kier alpha value is -1.09. The average Bonchev–Trinajstić information content (AvgIpc) is 2.45. The molecule has 0 saturated heterocycles. The summed E-state index contributed by atoms with van der Waals surface area (Å²) in [5.74, 6) is 8.07. The van der Waals surface area contributed by atoms with E-state index in [2.05, 4.69) is 101 Å². The first-order chi connectivity index (χ1) is 11.3. The van der Waals surface area contributed by atoms with Crippen molar-refractivity contribution in [2.45, 2.75) is 70.1 Å². The Bertz CT molecular complexity index is 774. The molecule has 25 heavy (non-hydrogen) atoms. The zero-order valence-corrected chi connectivity index (χ0v) is 20.0. The zero-order valence-electron chi connectivity index (χ0n) is 17.9. The molecule has 0 unspecified atom stereocenters. The van der Waals surface area contributed by atoms with Crippen LogP contribution in [-0.4, -0.2) is 13.3 Å². The van der Waals surface area contributed by atoms with E-state index in [1.54, 1.807) is 4.40 Å². The Morgan fingerprint density at radius 1 is 1.00 bits per heavy atom. The summed E-state index contributed by atoms with van der Waals surface area (Å²) in [7, 11) is 2.20. The molecule has 1 aromatic heterocycles. The summed E-state index contributed by atoms with van der Waals surface area (Å²) in [6, 6.07) is 9.45. The molecular weight excluding hydrogens is 363 g/mol. The molecule has 1 heterocycles. The van der Waals surface area contributed by atoms with Crippen LogP contribution in [0.15, 0.2) is 30.5 Å². The predicted molar refractivity (Wildman–Crippen MR) is 114 cm³/mol. The van der Waals surface area contributed by atoms with Crippen LogP contribution in [0.5, 0.6) is 0 Å². The van der Waals surface area contributed by atoms with Gasteiger partial charge in [0.2, 0.25) is 0 Å². The molecule has 0 aliphatic carbocycles. The molecule has 0 saturated carbocycles. The first-order valence-electron chi connectivity index (χ1n) is 9.48. The summed E-state index contributed by atoms with van der Waals surface area (Å²) in [5, 5.41) is 0. The Morgan fingerprint density at radius 3 is 2.08 bits per heavy atom. The molecule has 0 radical (unpaired) electrons. The average molecular weight is 399 g/mol. The van der Waals surface area contributed by atoms with Crippen molar-refractivity contribution in [1.29, 1.82) is 0 Å². The van der Waals surface area contributed by atoms with Gasteiger partial charge in [-0.25, -0.2) is 0 Å². The summed E-state index contributed by atoms with van der Waals surface area (Å²) in [4.78, 5) is 0. The quantitative estimate of drug-likeness (QED) is 0.477. The topological polar surface area (TPSA) is 3.88 Å². The minimum atomic E-state index is -1.99. The summed E-state index contributed by atoms with van der Waals surface area (Å²) in [6.07, 6.45) is 2.39. The van der Waals surface area contributed by atoms with Gasteiger partial charge in [-0.05, 0) is 0 Å². The molecule has 0 amide bonds. The van der Waals surface area contributed by atoms with E-state index in [1.807, 2.05) is 0 Å². The summed E-state index contributed by atoms with van der Waals surface area (Å²) < 4.78 is 3.97. The van der Waals surface area contributed by atoms with Crippen molar-refractivity contribution in [3.8, 4) is 11.3 Å². The molecule has 136 valence electrons. The van der Waals surface area contributed by atoms with E-state index in [0.29, 0.717) is 5.92 Å². The molecule has 0 spiro atoms. The maximum absolute atomic E-state index is 2.51. The van der Waals surface area contributed by atoms with Gasteiger partial charge in [-0.15, -0.1) is 0 Å². The van der Waals surface area contributed by atoms with Crippen LogP contribution in [0, 0.1) is 6.92 Å². The van der Waals surface area contributed by atoms with E-state index < -0.39 is 13.3 Å². The fourth-order valence-corrected chi connectivity index (χ4v) is 7.22. The summed E-state index contributed by atoms with van der Waals surface area (Å²) in [6.45, 7) is 13.8. The van der Waals surface area contributed by atoms with Crippen LogP contribution in [0.2, 0.25) is 17.3 Å². The fraction of sp³-hybridized carbons (Fsp3) is 0.522. The third-order valence-electron chi connectivity index (χ3n) is 5.09.